The van der Waals surface area contributed by atoms with Crippen molar-refractivity contribution in [3.8, 4) is 0 Å². The Morgan fingerprint density at radius 2 is 2.13 bits per heavy atom. The highest BCUT2D eigenvalue weighted by atomic mass is 16.3. The van der Waals surface area contributed by atoms with E-state index in [1.165, 1.54) is 4.90 Å². The number of carbonyl (C=O) groups excluding carboxylic acids is 2. The molecule has 1 fully saturated rings. The van der Waals surface area contributed by atoms with Crippen molar-refractivity contribution in [2.24, 2.45) is 0 Å². The maximum atomic E-state index is 11.5. The first kappa shape index (κ1) is 11.9. The molecule has 86 valence electrons. The molecule has 15 heavy (non-hydrogen) atoms. The summed E-state index contributed by atoms with van der Waals surface area (Å²) in [4.78, 5) is 24.2. The van der Waals surface area contributed by atoms with Crippen molar-refractivity contribution in [1.29, 1.82) is 0 Å². The number of hydrogen-bond donors (Lipinski definition) is 3. The molecule has 6 heteroatoms. The van der Waals surface area contributed by atoms with Crippen LogP contribution in [0.25, 0.3) is 0 Å². The molecular weight excluding hydrogens is 200 g/mol. The largest absolute Gasteiger partial charge is 0.394 e. The second-order valence-electron chi connectivity index (χ2n) is 3.83. The van der Waals surface area contributed by atoms with Crippen molar-refractivity contribution in [3.05, 3.63) is 0 Å². The number of aliphatic hydroxyl groups excluding tert-OH is 2. The third-order valence-corrected chi connectivity index (χ3v) is 2.84. The molecule has 0 aromatic carbocycles. The number of amides is 3. The van der Waals surface area contributed by atoms with Crippen molar-refractivity contribution >= 4 is 11.9 Å². The smallest absolute Gasteiger partial charge is 0.325 e. The summed E-state index contributed by atoms with van der Waals surface area (Å²) in [6.07, 6.45) is -0.560. The Morgan fingerprint density at radius 3 is 2.60 bits per heavy atom. The topological polar surface area (TPSA) is 89.9 Å². The molecule has 0 aromatic heterocycles. The Bertz CT molecular complexity index is 281. The number of hydrogen-bond acceptors (Lipinski definition) is 4. The monoisotopic (exact) mass is 216 g/mol. The number of imide groups is 1. The fourth-order valence-corrected chi connectivity index (χ4v) is 1.55. The number of aliphatic hydroxyl groups is 2. The highest BCUT2D eigenvalue weighted by Crippen LogP contribution is 2.25. The van der Waals surface area contributed by atoms with Crippen molar-refractivity contribution in [2.75, 3.05) is 13.2 Å². The molecule has 0 radical (unpaired) electrons. The first-order valence-corrected chi connectivity index (χ1v) is 4.87. The molecule has 1 heterocycles. The Kier molecular flexibility index (Phi) is 3.31. The summed E-state index contributed by atoms with van der Waals surface area (Å²) in [5.74, 6) is -0.361. The zero-order chi connectivity index (χ0) is 11.6. The second-order valence-corrected chi connectivity index (χ2v) is 3.83. The van der Waals surface area contributed by atoms with Gasteiger partial charge in [-0.1, -0.05) is 6.92 Å². The van der Waals surface area contributed by atoms with E-state index in [-0.39, 0.29) is 12.5 Å². The van der Waals surface area contributed by atoms with Crippen molar-refractivity contribution < 1.29 is 19.8 Å². The highest BCUT2D eigenvalue weighted by molar-refractivity contribution is 6.06. The summed E-state index contributed by atoms with van der Waals surface area (Å²) >= 11 is 0. The van der Waals surface area contributed by atoms with E-state index in [0.717, 1.165) is 0 Å². The van der Waals surface area contributed by atoms with Gasteiger partial charge in [-0.25, -0.2) is 4.79 Å². The van der Waals surface area contributed by atoms with Crippen LogP contribution in [0.1, 0.15) is 20.3 Å². The van der Waals surface area contributed by atoms with Crippen LogP contribution in [0.3, 0.4) is 0 Å². The normalized spacial score (nSPS) is 28.1. The fraction of sp³-hybridized carbons (Fsp3) is 0.778. The summed E-state index contributed by atoms with van der Waals surface area (Å²) < 4.78 is 0. The second kappa shape index (κ2) is 4.16. The number of nitrogens with zero attached hydrogens (tertiary/aromatic N) is 1. The molecule has 3 N–H and O–H groups in total. The lowest BCUT2D eigenvalue weighted by Gasteiger charge is -2.31. The van der Waals surface area contributed by atoms with E-state index in [0.29, 0.717) is 6.42 Å². The lowest BCUT2D eigenvalue weighted by molar-refractivity contribution is -0.126. The van der Waals surface area contributed by atoms with Gasteiger partial charge in [-0.2, -0.15) is 0 Å². The Hall–Kier alpha value is -1.14. The minimum atomic E-state index is -1.02. The van der Waals surface area contributed by atoms with E-state index in [1.54, 1.807) is 13.8 Å². The van der Waals surface area contributed by atoms with Crippen LogP contribution in [0, 0.1) is 0 Å². The molecule has 1 rings (SSSR count). The van der Waals surface area contributed by atoms with Crippen LogP contribution in [0.4, 0.5) is 4.79 Å². The van der Waals surface area contributed by atoms with Gasteiger partial charge < -0.3 is 15.1 Å². The van der Waals surface area contributed by atoms with E-state index >= 15 is 0 Å². The Morgan fingerprint density at radius 1 is 1.53 bits per heavy atom. The Balaban J connectivity index is 2.84. The zero-order valence-corrected chi connectivity index (χ0v) is 8.86. The van der Waals surface area contributed by atoms with Gasteiger partial charge in [0.2, 0.25) is 0 Å². The van der Waals surface area contributed by atoms with Crippen molar-refractivity contribution in [3.63, 3.8) is 0 Å². The van der Waals surface area contributed by atoms with Crippen LogP contribution in [0.5, 0.6) is 0 Å². The summed E-state index contributed by atoms with van der Waals surface area (Å²) in [5.41, 5.74) is -0.923. The average Bonchev–Trinajstić information content (AvgIpc) is 2.42. The van der Waals surface area contributed by atoms with E-state index in [1.807, 2.05) is 0 Å². The highest BCUT2D eigenvalue weighted by Gasteiger charge is 2.48. The van der Waals surface area contributed by atoms with E-state index in [4.69, 9.17) is 5.11 Å². The van der Waals surface area contributed by atoms with E-state index < -0.39 is 24.3 Å². The van der Waals surface area contributed by atoms with Gasteiger partial charge in [0.1, 0.15) is 5.54 Å². The molecule has 1 aliphatic rings. The average molecular weight is 216 g/mol. The molecular formula is C9H16N2O4. The maximum Gasteiger partial charge on any atom is 0.325 e. The minimum absolute atomic E-state index is 0.0432. The lowest BCUT2D eigenvalue weighted by Crippen LogP contribution is -2.49. The molecule has 0 saturated carbocycles. The van der Waals surface area contributed by atoms with E-state index in [2.05, 4.69) is 5.32 Å². The summed E-state index contributed by atoms with van der Waals surface area (Å²) in [6, 6.07) is -0.517. The van der Waals surface area contributed by atoms with Gasteiger partial charge in [0.15, 0.2) is 0 Å². The number of β-amino-alcohol motifs (C(OH)–C–C–N with tert-alkyl or cyclic N) is 1. The quantitative estimate of drug-likeness (QED) is 0.529. The first-order chi connectivity index (χ1) is 6.95. The van der Waals surface area contributed by atoms with Gasteiger partial charge in [-0.3, -0.25) is 10.1 Å². The number of carbonyl (C=O) groups is 2. The number of nitrogens with one attached hydrogen (secondary N) is 1. The van der Waals surface area contributed by atoms with Gasteiger partial charge in [-0.15, -0.1) is 0 Å². The summed E-state index contributed by atoms with van der Waals surface area (Å²) in [5, 5.41) is 20.2. The minimum Gasteiger partial charge on any atom is -0.394 e. The van der Waals surface area contributed by atoms with Gasteiger partial charge >= 0.3 is 6.03 Å². The molecule has 1 saturated heterocycles. The molecule has 1 aliphatic heterocycles. The molecule has 0 aliphatic carbocycles. The summed E-state index contributed by atoms with van der Waals surface area (Å²) in [7, 11) is 0. The van der Waals surface area contributed by atoms with Crippen LogP contribution in [0.2, 0.25) is 0 Å². The molecule has 3 amide bonds. The van der Waals surface area contributed by atoms with Gasteiger partial charge in [0.05, 0.1) is 19.3 Å². The van der Waals surface area contributed by atoms with Gasteiger partial charge in [-0.05, 0) is 13.3 Å². The molecule has 2 atom stereocenters. The fourth-order valence-electron chi connectivity index (χ4n) is 1.55. The first-order valence-electron chi connectivity index (χ1n) is 4.87. The van der Waals surface area contributed by atoms with Crippen LogP contribution in [0.15, 0.2) is 0 Å². The maximum absolute atomic E-state index is 11.5. The molecule has 0 spiro atoms. The van der Waals surface area contributed by atoms with Crippen LogP contribution in [-0.4, -0.2) is 51.8 Å². The number of urea groups is 1. The van der Waals surface area contributed by atoms with Crippen LogP contribution < -0.4 is 5.32 Å². The molecule has 0 aromatic rings. The van der Waals surface area contributed by atoms with E-state index in [9.17, 15) is 14.7 Å². The van der Waals surface area contributed by atoms with Gasteiger partial charge in [0, 0.05) is 0 Å². The molecule has 6 nitrogen and oxygen atoms in total. The third-order valence-electron chi connectivity index (χ3n) is 2.84. The van der Waals surface area contributed by atoms with Crippen molar-refractivity contribution in [1.82, 2.24) is 10.2 Å². The zero-order valence-electron chi connectivity index (χ0n) is 8.86. The van der Waals surface area contributed by atoms with Crippen LogP contribution in [-0.2, 0) is 4.79 Å². The lowest BCUT2D eigenvalue weighted by atomic mass is 9.97. The third kappa shape index (κ3) is 1.95. The van der Waals surface area contributed by atoms with Crippen LogP contribution >= 0.6 is 0 Å². The SMILES string of the molecule is CCC1(C)C(=O)NC(=O)N1CC(O)CO. The predicted molar refractivity (Wildman–Crippen MR) is 52.0 cm³/mol. The molecule has 2 unspecified atom stereocenters. The van der Waals surface area contributed by atoms with Crippen molar-refractivity contribution in [2.45, 2.75) is 31.9 Å². The standard InChI is InChI=1S/C9H16N2O4/c1-3-9(2)7(14)10-8(15)11(9)4-6(13)5-12/h6,12-13H,3-5H2,1-2H3,(H,10,14,15). The molecule has 0 bridgehead atoms. The predicted octanol–water partition coefficient (Wildman–Crippen LogP) is -0.940. The van der Waals surface area contributed by atoms with Gasteiger partial charge in [0.25, 0.3) is 5.91 Å². The summed E-state index contributed by atoms with van der Waals surface area (Å²) in [6.45, 7) is 2.95. The number of rotatable bonds is 4. The Labute approximate surface area is 87.9 Å².